The maximum Gasteiger partial charge on any atom is 0.315 e. The Morgan fingerprint density at radius 2 is 1.96 bits per heavy atom. The van der Waals surface area contributed by atoms with Crippen LogP contribution in [0.25, 0.3) is 0 Å². The van der Waals surface area contributed by atoms with Crippen molar-refractivity contribution < 1.29 is 14.3 Å². The van der Waals surface area contributed by atoms with E-state index in [2.05, 4.69) is 29.4 Å². The summed E-state index contributed by atoms with van der Waals surface area (Å²) in [6.45, 7) is 9.99. The number of hydrogen-bond donors (Lipinski definition) is 2. The lowest BCUT2D eigenvalue weighted by atomic mass is 10.2. The average Bonchev–Trinajstić information content (AvgIpc) is 3.05. The van der Waals surface area contributed by atoms with E-state index in [1.165, 1.54) is 0 Å². The van der Waals surface area contributed by atoms with E-state index in [4.69, 9.17) is 4.74 Å². The third kappa shape index (κ3) is 6.41. The first-order valence-electron chi connectivity index (χ1n) is 10.2. The highest BCUT2D eigenvalue weighted by Crippen LogP contribution is 2.24. The third-order valence-corrected chi connectivity index (χ3v) is 5.23. The molecule has 0 saturated carbocycles. The lowest BCUT2D eigenvalue weighted by molar-refractivity contribution is -0.117. The van der Waals surface area contributed by atoms with Gasteiger partial charge in [0.2, 0.25) is 5.91 Å². The Bertz CT molecular complexity index is 631. The van der Waals surface area contributed by atoms with Crippen molar-refractivity contribution in [3.63, 3.8) is 0 Å². The van der Waals surface area contributed by atoms with E-state index in [0.717, 1.165) is 43.9 Å². The van der Waals surface area contributed by atoms with E-state index in [1.54, 1.807) is 12.0 Å². The average molecular weight is 391 g/mol. The summed E-state index contributed by atoms with van der Waals surface area (Å²) in [5.74, 6) is 0.766. The molecule has 0 spiro atoms. The monoisotopic (exact) mass is 390 g/mol. The Labute approximate surface area is 168 Å². The molecule has 0 radical (unpaired) electrons. The number of anilines is 1. The van der Waals surface area contributed by atoms with Crippen LogP contribution < -0.4 is 20.3 Å². The van der Waals surface area contributed by atoms with Crippen LogP contribution in [0.5, 0.6) is 5.75 Å². The van der Waals surface area contributed by atoms with Crippen LogP contribution >= 0.6 is 0 Å². The molecular formula is C21H34N4O3. The molecule has 1 aliphatic rings. The minimum Gasteiger partial charge on any atom is -0.497 e. The summed E-state index contributed by atoms with van der Waals surface area (Å²) in [4.78, 5) is 28.7. The van der Waals surface area contributed by atoms with E-state index in [9.17, 15) is 9.59 Å². The summed E-state index contributed by atoms with van der Waals surface area (Å²) in [5, 5.41) is 5.92. The molecule has 2 atom stereocenters. The van der Waals surface area contributed by atoms with Gasteiger partial charge in [-0.2, -0.15) is 0 Å². The molecule has 1 saturated heterocycles. The van der Waals surface area contributed by atoms with Gasteiger partial charge in [-0.15, -0.1) is 0 Å². The molecule has 7 heteroatoms. The Balaban J connectivity index is 1.75. The maximum atomic E-state index is 12.3. The number of methoxy groups -OCH3 is 1. The number of carbonyl (C=O) groups excluding carboxylic acids is 2. The van der Waals surface area contributed by atoms with E-state index in [-0.39, 0.29) is 24.0 Å². The second-order valence-electron chi connectivity index (χ2n) is 7.29. The standard InChI is InChI=1S/C21H34N4O3/c1-5-24(6-2)13-7-8-16(3)22-21(27)23-17-14-20(26)25(15-17)18-9-11-19(28-4)12-10-18/h9-12,16-17H,5-8,13-15H2,1-4H3,(H2,22,23,27)/t16-,17+/m1/s1. The molecule has 0 bridgehead atoms. The summed E-state index contributed by atoms with van der Waals surface area (Å²) >= 11 is 0. The van der Waals surface area contributed by atoms with E-state index < -0.39 is 0 Å². The van der Waals surface area contributed by atoms with Gasteiger partial charge in [0.25, 0.3) is 0 Å². The molecule has 2 N–H and O–H groups in total. The first-order chi connectivity index (χ1) is 13.5. The van der Waals surface area contributed by atoms with Gasteiger partial charge in [0.15, 0.2) is 0 Å². The van der Waals surface area contributed by atoms with Gasteiger partial charge in [0.05, 0.1) is 13.2 Å². The predicted molar refractivity (Wildman–Crippen MR) is 112 cm³/mol. The molecule has 0 unspecified atom stereocenters. The SMILES string of the molecule is CCN(CC)CCC[C@@H](C)NC(=O)N[C@H]1CC(=O)N(c2ccc(OC)cc2)C1. The van der Waals surface area contributed by atoms with Gasteiger partial charge in [-0.3, -0.25) is 4.79 Å². The number of rotatable bonds is 10. The number of amides is 3. The normalized spacial score (nSPS) is 17.7. The lowest BCUT2D eigenvalue weighted by Gasteiger charge is -2.21. The van der Waals surface area contributed by atoms with Crippen LogP contribution in [-0.4, -0.2) is 62.2 Å². The summed E-state index contributed by atoms with van der Waals surface area (Å²) in [7, 11) is 1.61. The molecule has 3 amide bonds. The van der Waals surface area contributed by atoms with Gasteiger partial charge in [0, 0.05) is 24.7 Å². The summed E-state index contributed by atoms with van der Waals surface area (Å²) in [5.41, 5.74) is 0.820. The Kier molecular flexibility index (Phi) is 8.57. The van der Waals surface area contributed by atoms with Crippen LogP contribution in [-0.2, 0) is 4.79 Å². The van der Waals surface area contributed by atoms with Gasteiger partial charge in [-0.1, -0.05) is 13.8 Å². The van der Waals surface area contributed by atoms with Crippen molar-refractivity contribution in [2.45, 2.75) is 52.1 Å². The van der Waals surface area contributed by atoms with E-state index in [0.29, 0.717) is 13.0 Å². The number of ether oxygens (including phenoxy) is 1. The smallest absolute Gasteiger partial charge is 0.315 e. The number of nitrogens with zero attached hydrogens (tertiary/aromatic N) is 2. The zero-order valence-electron chi connectivity index (χ0n) is 17.5. The van der Waals surface area contributed by atoms with Gasteiger partial charge in [-0.25, -0.2) is 4.79 Å². The van der Waals surface area contributed by atoms with Gasteiger partial charge in [-0.05, 0) is 63.7 Å². The van der Waals surface area contributed by atoms with Crippen LogP contribution in [0.3, 0.4) is 0 Å². The molecule has 156 valence electrons. The number of benzene rings is 1. The van der Waals surface area contributed by atoms with Crippen LogP contribution in [0.15, 0.2) is 24.3 Å². The minimum absolute atomic E-state index is 0.0164. The molecule has 0 aromatic heterocycles. The second-order valence-corrected chi connectivity index (χ2v) is 7.29. The zero-order chi connectivity index (χ0) is 20.5. The first-order valence-corrected chi connectivity index (χ1v) is 10.2. The highest BCUT2D eigenvalue weighted by Gasteiger charge is 2.31. The topological polar surface area (TPSA) is 73.9 Å². The summed E-state index contributed by atoms with van der Waals surface area (Å²) < 4.78 is 5.15. The first kappa shape index (κ1) is 22.0. The molecule has 1 fully saturated rings. The van der Waals surface area contributed by atoms with Gasteiger partial charge in [0.1, 0.15) is 5.75 Å². The van der Waals surface area contributed by atoms with Crippen molar-refractivity contribution in [1.29, 1.82) is 0 Å². The minimum atomic E-state index is -0.204. The van der Waals surface area contributed by atoms with Crippen molar-refractivity contribution >= 4 is 17.6 Å². The molecule has 1 heterocycles. The largest absolute Gasteiger partial charge is 0.497 e. The molecule has 28 heavy (non-hydrogen) atoms. The third-order valence-electron chi connectivity index (χ3n) is 5.23. The molecule has 7 nitrogen and oxygen atoms in total. The molecule has 0 aliphatic carbocycles. The van der Waals surface area contributed by atoms with Crippen molar-refractivity contribution in [3.05, 3.63) is 24.3 Å². The molecule has 1 aromatic carbocycles. The van der Waals surface area contributed by atoms with Crippen LogP contribution in [0, 0.1) is 0 Å². The molecular weight excluding hydrogens is 356 g/mol. The van der Waals surface area contributed by atoms with Crippen molar-refractivity contribution in [2.24, 2.45) is 0 Å². The fourth-order valence-electron chi connectivity index (χ4n) is 3.50. The lowest BCUT2D eigenvalue weighted by Crippen LogP contribution is -2.46. The van der Waals surface area contributed by atoms with E-state index in [1.807, 2.05) is 31.2 Å². The number of carbonyl (C=O) groups is 2. The molecule has 1 aliphatic heterocycles. The van der Waals surface area contributed by atoms with Crippen molar-refractivity contribution in [2.75, 3.05) is 38.2 Å². The quantitative estimate of drug-likeness (QED) is 0.644. The fourth-order valence-corrected chi connectivity index (χ4v) is 3.50. The van der Waals surface area contributed by atoms with Crippen molar-refractivity contribution in [1.82, 2.24) is 15.5 Å². The number of urea groups is 1. The maximum absolute atomic E-state index is 12.3. The summed E-state index contributed by atoms with van der Waals surface area (Å²) in [6, 6.07) is 7.09. The Morgan fingerprint density at radius 3 is 2.57 bits per heavy atom. The summed E-state index contributed by atoms with van der Waals surface area (Å²) in [6.07, 6.45) is 2.30. The Morgan fingerprint density at radius 1 is 1.29 bits per heavy atom. The molecule has 2 rings (SSSR count). The predicted octanol–water partition coefficient (Wildman–Crippen LogP) is 2.61. The van der Waals surface area contributed by atoms with Gasteiger partial charge < -0.3 is 25.2 Å². The van der Waals surface area contributed by atoms with Gasteiger partial charge >= 0.3 is 6.03 Å². The number of hydrogen-bond acceptors (Lipinski definition) is 4. The van der Waals surface area contributed by atoms with Crippen LogP contribution in [0.4, 0.5) is 10.5 Å². The zero-order valence-corrected chi connectivity index (χ0v) is 17.5. The molecule has 1 aromatic rings. The Hall–Kier alpha value is -2.28. The van der Waals surface area contributed by atoms with Crippen molar-refractivity contribution in [3.8, 4) is 5.75 Å². The van der Waals surface area contributed by atoms with Crippen LogP contribution in [0.1, 0.15) is 40.0 Å². The number of nitrogens with one attached hydrogen (secondary N) is 2. The second kappa shape index (κ2) is 10.9. The van der Waals surface area contributed by atoms with E-state index >= 15 is 0 Å². The van der Waals surface area contributed by atoms with Crippen LogP contribution in [0.2, 0.25) is 0 Å². The highest BCUT2D eigenvalue weighted by molar-refractivity contribution is 5.96. The highest BCUT2D eigenvalue weighted by atomic mass is 16.5. The fraction of sp³-hybridized carbons (Fsp3) is 0.619.